The molecule has 0 aliphatic rings. The lowest BCUT2D eigenvalue weighted by Crippen LogP contribution is -2.31. The lowest BCUT2D eigenvalue weighted by Gasteiger charge is -2.23. The van der Waals surface area contributed by atoms with Crippen molar-refractivity contribution in [3.05, 3.63) is 48.2 Å². The standard InChI is InChI=1S/C15H19N3O2S/c1-4-18(13-9-7-12(2)8-10-13)21(19,20)15-14(16-3)6-5-11-17-15/h5-11,16H,4H2,1-3H3. The van der Waals surface area contributed by atoms with Crippen LogP contribution in [0.15, 0.2) is 47.6 Å². The topological polar surface area (TPSA) is 62.3 Å². The summed E-state index contributed by atoms with van der Waals surface area (Å²) in [4.78, 5) is 4.04. The third-order valence-electron chi connectivity index (χ3n) is 3.18. The van der Waals surface area contributed by atoms with Gasteiger partial charge >= 0.3 is 0 Å². The summed E-state index contributed by atoms with van der Waals surface area (Å²) in [6.45, 7) is 4.11. The summed E-state index contributed by atoms with van der Waals surface area (Å²) in [7, 11) is -2.02. The van der Waals surface area contributed by atoms with Crippen molar-refractivity contribution < 1.29 is 8.42 Å². The second-order valence-corrected chi connectivity index (χ2v) is 6.39. The molecule has 0 aliphatic heterocycles. The van der Waals surface area contributed by atoms with Gasteiger partial charge in [-0.3, -0.25) is 4.31 Å². The average Bonchev–Trinajstić information content (AvgIpc) is 2.49. The molecule has 0 radical (unpaired) electrons. The third kappa shape index (κ3) is 3.00. The Kier molecular flexibility index (Phi) is 4.47. The molecule has 0 spiro atoms. The Bertz CT molecular complexity index is 712. The van der Waals surface area contributed by atoms with Crippen molar-refractivity contribution in [1.82, 2.24) is 4.98 Å². The number of hydrogen-bond acceptors (Lipinski definition) is 4. The first-order valence-electron chi connectivity index (χ1n) is 6.73. The molecule has 0 fully saturated rings. The normalized spacial score (nSPS) is 11.2. The molecule has 0 unspecified atom stereocenters. The van der Waals surface area contributed by atoms with E-state index in [0.29, 0.717) is 17.9 Å². The van der Waals surface area contributed by atoms with E-state index in [2.05, 4.69) is 10.3 Å². The predicted molar refractivity (Wildman–Crippen MR) is 85.2 cm³/mol. The van der Waals surface area contributed by atoms with Crippen molar-refractivity contribution in [3.8, 4) is 0 Å². The zero-order valence-corrected chi connectivity index (χ0v) is 13.2. The van der Waals surface area contributed by atoms with Crippen LogP contribution in [-0.2, 0) is 10.0 Å². The van der Waals surface area contributed by atoms with E-state index < -0.39 is 10.0 Å². The smallest absolute Gasteiger partial charge is 0.283 e. The second-order valence-electron chi connectivity index (χ2n) is 4.61. The maximum Gasteiger partial charge on any atom is 0.283 e. The summed E-state index contributed by atoms with van der Waals surface area (Å²) in [5, 5.41) is 2.91. The third-order valence-corrected chi connectivity index (χ3v) is 5.05. The zero-order valence-electron chi connectivity index (χ0n) is 12.4. The van der Waals surface area contributed by atoms with Crippen LogP contribution in [0.4, 0.5) is 11.4 Å². The summed E-state index contributed by atoms with van der Waals surface area (Å²) in [6.07, 6.45) is 1.48. The van der Waals surface area contributed by atoms with Gasteiger partial charge in [-0.25, -0.2) is 4.98 Å². The molecule has 0 bridgehead atoms. The Morgan fingerprint density at radius 3 is 2.43 bits per heavy atom. The number of anilines is 2. The van der Waals surface area contributed by atoms with Gasteiger partial charge in [0.25, 0.3) is 10.0 Å². The maximum atomic E-state index is 12.9. The van der Waals surface area contributed by atoms with Crippen LogP contribution in [0.3, 0.4) is 0 Å². The SMILES string of the molecule is CCN(c1ccc(C)cc1)S(=O)(=O)c1ncccc1NC. The van der Waals surface area contributed by atoms with Gasteiger partial charge < -0.3 is 5.32 Å². The second kappa shape index (κ2) is 6.13. The molecule has 112 valence electrons. The Balaban J connectivity index is 2.52. The fourth-order valence-corrected chi connectivity index (χ4v) is 3.68. The molecular weight excluding hydrogens is 286 g/mol. The maximum absolute atomic E-state index is 12.9. The Hall–Kier alpha value is -2.08. The number of sulfonamides is 1. The molecule has 2 aromatic rings. The van der Waals surface area contributed by atoms with E-state index >= 15 is 0 Å². The summed E-state index contributed by atoms with van der Waals surface area (Å²) < 4.78 is 27.1. The number of rotatable bonds is 5. The molecule has 0 saturated heterocycles. The Labute approximate surface area is 125 Å². The molecule has 0 saturated carbocycles. The van der Waals surface area contributed by atoms with Gasteiger partial charge in [0, 0.05) is 19.8 Å². The lowest BCUT2D eigenvalue weighted by atomic mass is 10.2. The molecule has 0 atom stereocenters. The minimum absolute atomic E-state index is 0.0370. The summed E-state index contributed by atoms with van der Waals surface area (Å²) in [5.74, 6) is 0. The summed E-state index contributed by atoms with van der Waals surface area (Å²) in [5.41, 5.74) is 2.21. The first-order chi connectivity index (χ1) is 10.0. The van der Waals surface area contributed by atoms with Crippen molar-refractivity contribution in [2.75, 3.05) is 23.2 Å². The van der Waals surface area contributed by atoms with Crippen LogP contribution in [0.2, 0.25) is 0 Å². The molecule has 1 aromatic heterocycles. The van der Waals surface area contributed by atoms with Gasteiger partial charge in [0.1, 0.15) is 0 Å². The van der Waals surface area contributed by atoms with Gasteiger partial charge in [0.05, 0.1) is 11.4 Å². The average molecular weight is 305 g/mol. The monoisotopic (exact) mass is 305 g/mol. The van der Waals surface area contributed by atoms with Crippen LogP contribution >= 0.6 is 0 Å². The van der Waals surface area contributed by atoms with Crippen molar-refractivity contribution in [1.29, 1.82) is 0 Å². The van der Waals surface area contributed by atoms with Crippen LogP contribution in [0.5, 0.6) is 0 Å². The van der Waals surface area contributed by atoms with E-state index in [1.165, 1.54) is 10.5 Å². The number of aryl methyl sites for hydroxylation is 1. The number of hydrogen-bond donors (Lipinski definition) is 1. The number of nitrogens with zero attached hydrogens (tertiary/aromatic N) is 2. The molecule has 1 heterocycles. The van der Waals surface area contributed by atoms with Gasteiger partial charge in [0.2, 0.25) is 0 Å². The fourth-order valence-electron chi connectivity index (χ4n) is 2.09. The fraction of sp³-hybridized carbons (Fsp3) is 0.267. The largest absolute Gasteiger partial charge is 0.386 e. The van der Waals surface area contributed by atoms with Crippen LogP contribution in [0.1, 0.15) is 12.5 Å². The Morgan fingerprint density at radius 1 is 1.19 bits per heavy atom. The van der Waals surface area contributed by atoms with E-state index in [1.807, 2.05) is 19.1 Å². The minimum atomic E-state index is -3.70. The number of nitrogens with one attached hydrogen (secondary N) is 1. The highest BCUT2D eigenvalue weighted by molar-refractivity contribution is 7.92. The van der Waals surface area contributed by atoms with E-state index in [-0.39, 0.29) is 5.03 Å². The van der Waals surface area contributed by atoms with Crippen LogP contribution in [0.25, 0.3) is 0 Å². The molecule has 0 aliphatic carbocycles. The Morgan fingerprint density at radius 2 is 1.86 bits per heavy atom. The van der Waals surface area contributed by atoms with Crippen molar-refractivity contribution in [3.63, 3.8) is 0 Å². The molecular formula is C15H19N3O2S. The van der Waals surface area contributed by atoms with Crippen LogP contribution < -0.4 is 9.62 Å². The minimum Gasteiger partial charge on any atom is -0.386 e. The molecule has 2 rings (SSSR count). The predicted octanol–water partition coefficient (Wildman–Crippen LogP) is 2.65. The zero-order chi connectivity index (χ0) is 15.5. The lowest BCUT2D eigenvalue weighted by molar-refractivity contribution is 0.588. The van der Waals surface area contributed by atoms with Crippen molar-refractivity contribution in [2.24, 2.45) is 0 Å². The molecule has 1 N–H and O–H groups in total. The molecule has 21 heavy (non-hydrogen) atoms. The van der Waals surface area contributed by atoms with Gasteiger partial charge in [-0.1, -0.05) is 17.7 Å². The van der Waals surface area contributed by atoms with Crippen molar-refractivity contribution in [2.45, 2.75) is 18.9 Å². The van der Waals surface area contributed by atoms with E-state index in [4.69, 9.17) is 0 Å². The number of benzene rings is 1. The number of aromatic nitrogens is 1. The summed E-state index contributed by atoms with van der Waals surface area (Å²) in [6, 6.07) is 10.8. The number of pyridine rings is 1. The van der Waals surface area contributed by atoms with Gasteiger partial charge in [0.15, 0.2) is 5.03 Å². The molecule has 1 aromatic carbocycles. The quantitative estimate of drug-likeness (QED) is 0.922. The van der Waals surface area contributed by atoms with Crippen LogP contribution in [0, 0.1) is 6.92 Å². The van der Waals surface area contributed by atoms with Crippen LogP contribution in [-0.4, -0.2) is 27.0 Å². The van der Waals surface area contributed by atoms with Crippen molar-refractivity contribution >= 4 is 21.4 Å². The van der Waals surface area contributed by atoms with E-state index in [0.717, 1.165) is 5.56 Å². The van der Waals surface area contributed by atoms with Gasteiger partial charge in [-0.2, -0.15) is 8.42 Å². The summed E-state index contributed by atoms with van der Waals surface area (Å²) >= 11 is 0. The van der Waals surface area contributed by atoms with Gasteiger partial charge in [-0.05, 0) is 38.1 Å². The highest BCUT2D eigenvalue weighted by Crippen LogP contribution is 2.26. The van der Waals surface area contributed by atoms with E-state index in [1.54, 1.807) is 38.2 Å². The first-order valence-corrected chi connectivity index (χ1v) is 8.17. The molecule has 0 amide bonds. The first kappa shape index (κ1) is 15.3. The van der Waals surface area contributed by atoms with E-state index in [9.17, 15) is 8.42 Å². The highest BCUT2D eigenvalue weighted by Gasteiger charge is 2.27. The van der Waals surface area contributed by atoms with Gasteiger partial charge in [-0.15, -0.1) is 0 Å². The highest BCUT2D eigenvalue weighted by atomic mass is 32.2. The molecule has 5 nitrogen and oxygen atoms in total. The molecule has 6 heteroatoms.